The third kappa shape index (κ3) is 4.71. The van der Waals surface area contributed by atoms with Crippen molar-refractivity contribution in [2.45, 2.75) is 25.9 Å². The number of aromatic nitrogens is 5. The number of imidazole rings is 1. The molecule has 0 aliphatic heterocycles. The molecule has 4 rings (SSSR count). The zero-order valence-electron chi connectivity index (χ0n) is 18.3. The van der Waals surface area contributed by atoms with Gasteiger partial charge in [0.05, 0.1) is 22.3 Å². The highest BCUT2D eigenvalue weighted by Crippen LogP contribution is 2.31. The molecule has 172 valence electrons. The molecule has 0 atom stereocenters. The number of fused-ring (bicyclic) bond motifs is 1. The fraction of sp³-hybridized carbons (Fsp3) is 0.273. The van der Waals surface area contributed by atoms with Gasteiger partial charge >= 0.3 is 6.18 Å². The predicted molar refractivity (Wildman–Crippen MR) is 118 cm³/mol. The molecule has 2 heterocycles. The van der Waals surface area contributed by atoms with Gasteiger partial charge in [-0.05, 0) is 18.2 Å². The normalized spacial score (nSPS) is 11.9. The first-order chi connectivity index (χ1) is 15.5. The largest absolute Gasteiger partial charge is 0.416 e. The summed E-state index contributed by atoms with van der Waals surface area (Å²) in [6.07, 6.45) is -4.42. The Kier molecular flexibility index (Phi) is 5.64. The van der Waals surface area contributed by atoms with Crippen LogP contribution in [0, 0.1) is 5.82 Å². The molecule has 2 aromatic heterocycles. The topological polar surface area (TPSA) is 82.6 Å². The summed E-state index contributed by atoms with van der Waals surface area (Å²) in [7, 11) is 3.59. The fourth-order valence-electron chi connectivity index (χ4n) is 3.10. The molecule has 0 aliphatic rings. The lowest BCUT2D eigenvalue weighted by atomic mass is 10.1. The first kappa shape index (κ1) is 22.4. The minimum Gasteiger partial charge on any atom is -0.347 e. The van der Waals surface area contributed by atoms with Crippen molar-refractivity contribution in [3.05, 3.63) is 53.6 Å². The predicted octanol–water partition coefficient (Wildman–Crippen LogP) is 5.51. The Bertz CT molecular complexity index is 1270. The van der Waals surface area contributed by atoms with Crippen LogP contribution in [-0.2, 0) is 6.18 Å². The first-order valence-corrected chi connectivity index (χ1v) is 10.1. The molecule has 33 heavy (non-hydrogen) atoms. The summed E-state index contributed by atoms with van der Waals surface area (Å²) in [6.45, 7) is 3.89. The van der Waals surface area contributed by atoms with Crippen molar-refractivity contribution in [3.8, 4) is 11.4 Å². The number of alkyl halides is 3. The van der Waals surface area contributed by atoms with Crippen molar-refractivity contribution in [2.24, 2.45) is 0 Å². The summed E-state index contributed by atoms with van der Waals surface area (Å²) < 4.78 is 53.2. The summed E-state index contributed by atoms with van der Waals surface area (Å²) >= 11 is 0. The van der Waals surface area contributed by atoms with Gasteiger partial charge in [0, 0.05) is 31.6 Å². The van der Waals surface area contributed by atoms with Crippen molar-refractivity contribution in [1.29, 1.82) is 0 Å². The number of aromatic amines is 1. The molecule has 0 saturated carbocycles. The quantitative estimate of drug-likeness (QED) is 0.383. The van der Waals surface area contributed by atoms with Crippen LogP contribution >= 0.6 is 0 Å². The number of halogens is 4. The van der Waals surface area contributed by atoms with Crippen LogP contribution in [0.2, 0.25) is 0 Å². The lowest BCUT2D eigenvalue weighted by Crippen LogP contribution is -2.16. The van der Waals surface area contributed by atoms with E-state index in [1.807, 2.05) is 13.8 Å². The maximum absolute atomic E-state index is 14.8. The average Bonchev–Trinajstić information content (AvgIpc) is 3.16. The van der Waals surface area contributed by atoms with Crippen LogP contribution < -0.4 is 10.2 Å². The van der Waals surface area contributed by atoms with Crippen molar-refractivity contribution in [1.82, 2.24) is 24.9 Å². The van der Waals surface area contributed by atoms with Crippen LogP contribution in [0.4, 0.5) is 35.1 Å². The van der Waals surface area contributed by atoms with Crippen LogP contribution in [0.5, 0.6) is 0 Å². The van der Waals surface area contributed by atoms with E-state index in [9.17, 15) is 17.6 Å². The number of nitrogens with zero attached hydrogens (tertiary/aromatic N) is 5. The third-order valence-corrected chi connectivity index (χ3v) is 4.86. The number of benzene rings is 2. The van der Waals surface area contributed by atoms with Gasteiger partial charge < -0.3 is 15.2 Å². The minimum absolute atomic E-state index is 0.0403. The maximum atomic E-state index is 14.8. The lowest BCUT2D eigenvalue weighted by Gasteiger charge is -2.15. The van der Waals surface area contributed by atoms with Gasteiger partial charge in [0.2, 0.25) is 11.9 Å². The Labute approximate surface area is 186 Å². The molecule has 0 spiro atoms. The van der Waals surface area contributed by atoms with E-state index in [1.54, 1.807) is 19.0 Å². The van der Waals surface area contributed by atoms with E-state index in [2.05, 4.69) is 30.2 Å². The van der Waals surface area contributed by atoms with Crippen molar-refractivity contribution >= 4 is 28.6 Å². The minimum atomic E-state index is -4.42. The molecule has 2 aromatic carbocycles. The molecule has 0 aliphatic carbocycles. The summed E-state index contributed by atoms with van der Waals surface area (Å²) in [5, 5.41) is 2.89. The molecule has 0 amide bonds. The van der Waals surface area contributed by atoms with Crippen LogP contribution in [-0.4, -0.2) is 39.0 Å². The average molecular weight is 459 g/mol. The van der Waals surface area contributed by atoms with E-state index in [4.69, 9.17) is 0 Å². The molecule has 4 aromatic rings. The first-order valence-electron chi connectivity index (χ1n) is 10.1. The second-order valence-electron chi connectivity index (χ2n) is 8.00. The standard InChI is InChI=1S/C22H21F4N7/c1-11(2)18-30-20(32-21(31-18)33(3)4)29-15-10-17-16(9-14(15)23)27-19(28-17)12-5-7-13(8-6-12)22(24,25)26/h5-11H,1-4H3,(H,27,28)(H,29,30,31,32). The van der Waals surface area contributed by atoms with Gasteiger partial charge in [-0.3, -0.25) is 0 Å². The van der Waals surface area contributed by atoms with Gasteiger partial charge in [-0.15, -0.1) is 0 Å². The second-order valence-corrected chi connectivity index (χ2v) is 8.00. The van der Waals surface area contributed by atoms with E-state index in [0.717, 1.165) is 12.1 Å². The van der Waals surface area contributed by atoms with Crippen LogP contribution in [0.15, 0.2) is 36.4 Å². The van der Waals surface area contributed by atoms with Gasteiger partial charge in [0.1, 0.15) is 17.5 Å². The monoisotopic (exact) mass is 459 g/mol. The van der Waals surface area contributed by atoms with Crippen LogP contribution in [0.25, 0.3) is 22.4 Å². The molecular weight excluding hydrogens is 438 g/mol. The van der Waals surface area contributed by atoms with E-state index < -0.39 is 17.6 Å². The fourth-order valence-corrected chi connectivity index (χ4v) is 3.10. The Morgan fingerprint density at radius 1 is 0.970 bits per heavy atom. The molecule has 0 unspecified atom stereocenters. The van der Waals surface area contributed by atoms with Crippen LogP contribution in [0.3, 0.4) is 0 Å². The summed E-state index contributed by atoms with van der Waals surface area (Å²) in [6, 6.07) is 7.34. The zero-order valence-corrected chi connectivity index (χ0v) is 18.3. The van der Waals surface area contributed by atoms with Crippen LogP contribution in [0.1, 0.15) is 31.2 Å². The summed E-state index contributed by atoms with van der Waals surface area (Å²) in [5.74, 6) is 0.975. The number of hydrogen-bond donors (Lipinski definition) is 2. The van der Waals surface area contributed by atoms with Crippen molar-refractivity contribution in [3.63, 3.8) is 0 Å². The van der Waals surface area contributed by atoms with Gasteiger partial charge in [0.15, 0.2) is 0 Å². The number of hydrogen-bond acceptors (Lipinski definition) is 6. The molecule has 0 saturated heterocycles. The number of H-pyrrole nitrogens is 1. The van der Waals surface area contributed by atoms with Gasteiger partial charge in [-0.25, -0.2) is 9.37 Å². The third-order valence-electron chi connectivity index (χ3n) is 4.86. The number of anilines is 3. The summed E-state index contributed by atoms with van der Waals surface area (Å²) in [4.78, 5) is 22.1. The molecule has 11 heteroatoms. The van der Waals surface area contributed by atoms with Gasteiger partial charge in [-0.2, -0.15) is 28.1 Å². The van der Waals surface area contributed by atoms with E-state index in [-0.39, 0.29) is 17.6 Å². The Morgan fingerprint density at radius 2 is 1.67 bits per heavy atom. The van der Waals surface area contributed by atoms with Gasteiger partial charge in [0.25, 0.3) is 0 Å². The molecule has 0 fully saturated rings. The van der Waals surface area contributed by atoms with Crippen molar-refractivity contribution < 1.29 is 17.6 Å². The molecule has 7 nitrogen and oxygen atoms in total. The van der Waals surface area contributed by atoms with E-state index >= 15 is 0 Å². The highest BCUT2D eigenvalue weighted by atomic mass is 19.4. The van der Waals surface area contributed by atoms with Crippen molar-refractivity contribution in [2.75, 3.05) is 24.3 Å². The second kappa shape index (κ2) is 8.30. The molecule has 0 radical (unpaired) electrons. The van der Waals surface area contributed by atoms with Gasteiger partial charge in [-0.1, -0.05) is 26.0 Å². The molecule has 0 bridgehead atoms. The number of rotatable bonds is 5. The van der Waals surface area contributed by atoms with E-state index in [0.29, 0.717) is 34.2 Å². The number of nitrogens with one attached hydrogen (secondary N) is 2. The molecule has 2 N–H and O–H groups in total. The Balaban J connectivity index is 1.68. The highest BCUT2D eigenvalue weighted by molar-refractivity contribution is 5.83. The lowest BCUT2D eigenvalue weighted by molar-refractivity contribution is -0.137. The molecular formula is C22H21F4N7. The Morgan fingerprint density at radius 3 is 2.27 bits per heavy atom. The highest BCUT2D eigenvalue weighted by Gasteiger charge is 2.30. The van der Waals surface area contributed by atoms with E-state index in [1.165, 1.54) is 24.3 Å². The zero-order chi connectivity index (χ0) is 23.9. The maximum Gasteiger partial charge on any atom is 0.416 e. The SMILES string of the molecule is CC(C)c1nc(Nc2cc3[nH]c(-c4ccc(C(F)(F)F)cc4)nc3cc2F)nc(N(C)C)n1. The Hall–Kier alpha value is -3.76. The summed E-state index contributed by atoms with van der Waals surface area (Å²) in [5.41, 5.74) is 0.648. The smallest absolute Gasteiger partial charge is 0.347 e.